The average Bonchev–Trinajstić information content (AvgIpc) is 2.97. The molecule has 7 nitrogen and oxygen atoms in total. The van der Waals surface area contributed by atoms with Gasteiger partial charge < -0.3 is 10.3 Å². The number of thioether (sulfide) groups is 1. The molecule has 0 saturated heterocycles. The summed E-state index contributed by atoms with van der Waals surface area (Å²) in [6.45, 7) is 6.04. The molecule has 3 rings (SSSR count). The van der Waals surface area contributed by atoms with E-state index >= 15 is 0 Å². The van der Waals surface area contributed by atoms with Gasteiger partial charge in [0.05, 0.1) is 11.1 Å². The van der Waals surface area contributed by atoms with E-state index in [4.69, 9.17) is 0 Å². The summed E-state index contributed by atoms with van der Waals surface area (Å²) >= 11 is 2.70. The zero-order chi connectivity index (χ0) is 19.6. The van der Waals surface area contributed by atoms with Crippen LogP contribution in [0.5, 0.6) is 0 Å². The van der Waals surface area contributed by atoms with Crippen LogP contribution in [0.1, 0.15) is 44.1 Å². The second-order valence-corrected chi connectivity index (χ2v) is 9.07. The van der Waals surface area contributed by atoms with Crippen molar-refractivity contribution < 1.29 is 9.59 Å². The average molecular weight is 409 g/mol. The van der Waals surface area contributed by atoms with Gasteiger partial charge in [0.15, 0.2) is 5.16 Å². The third-order valence-electron chi connectivity index (χ3n) is 4.73. The number of H-pyrrole nitrogens is 1. The monoisotopic (exact) mass is 408 g/mol. The van der Waals surface area contributed by atoms with E-state index in [1.165, 1.54) is 4.88 Å². The normalized spacial score (nSPS) is 17.4. The van der Waals surface area contributed by atoms with Crippen molar-refractivity contribution >= 4 is 45.3 Å². The van der Waals surface area contributed by atoms with Gasteiger partial charge in [0.2, 0.25) is 5.91 Å². The van der Waals surface area contributed by atoms with E-state index < -0.39 is 11.9 Å². The maximum atomic E-state index is 12.5. The first-order valence-corrected chi connectivity index (χ1v) is 10.9. The van der Waals surface area contributed by atoms with E-state index in [0.29, 0.717) is 16.5 Å². The molecular weight excluding hydrogens is 384 g/mol. The number of aromatic amines is 1. The number of urea groups is 1. The molecule has 0 fully saturated rings. The van der Waals surface area contributed by atoms with Crippen molar-refractivity contribution in [1.82, 2.24) is 20.6 Å². The van der Waals surface area contributed by atoms with Gasteiger partial charge in [-0.25, -0.2) is 9.78 Å². The zero-order valence-corrected chi connectivity index (χ0v) is 17.3. The molecule has 2 aromatic heterocycles. The number of aryl methyl sites for hydroxylation is 1. The predicted octanol–water partition coefficient (Wildman–Crippen LogP) is 2.83. The molecule has 0 aromatic carbocycles. The summed E-state index contributed by atoms with van der Waals surface area (Å²) in [6.07, 6.45) is 3.78. The lowest BCUT2D eigenvalue weighted by molar-refractivity contribution is -0.117. The van der Waals surface area contributed by atoms with Crippen molar-refractivity contribution in [3.8, 4) is 0 Å². The standard InChI is InChI=1S/C18H24N4O3S2/c1-4-10(3)19-17(25)20-13(23)8-26-18-21-15(24)14-11-6-5-9(2)7-12(11)27-16(14)22-18/h9-10H,4-8H2,1-3H3,(H,21,22,24)(H2,19,20,23,25)/t9-,10+/m0/s1. The van der Waals surface area contributed by atoms with E-state index in [0.717, 1.165) is 47.8 Å². The zero-order valence-electron chi connectivity index (χ0n) is 15.7. The van der Waals surface area contributed by atoms with Crippen molar-refractivity contribution in [2.45, 2.75) is 57.7 Å². The number of hydrogen-bond acceptors (Lipinski definition) is 6. The molecule has 0 bridgehead atoms. The minimum atomic E-state index is -0.507. The summed E-state index contributed by atoms with van der Waals surface area (Å²) in [6, 6.07) is -0.509. The molecule has 1 aliphatic rings. The molecule has 2 atom stereocenters. The van der Waals surface area contributed by atoms with Crippen LogP contribution in [-0.2, 0) is 17.6 Å². The van der Waals surface area contributed by atoms with Crippen molar-refractivity contribution in [2.75, 3.05) is 5.75 Å². The minimum absolute atomic E-state index is 0.00142. The minimum Gasteiger partial charge on any atom is -0.335 e. The molecule has 0 spiro atoms. The number of carbonyl (C=O) groups excluding carboxylic acids is 2. The number of fused-ring (bicyclic) bond motifs is 3. The second kappa shape index (κ2) is 8.43. The van der Waals surface area contributed by atoms with Crippen molar-refractivity contribution in [3.05, 3.63) is 20.8 Å². The summed E-state index contributed by atoms with van der Waals surface area (Å²) < 4.78 is 0. The molecule has 3 amide bonds. The molecule has 0 radical (unpaired) electrons. The third-order valence-corrected chi connectivity index (χ3v) is 6.75. The van der Waals surface area contributed by atoms with E-state index in [9.17, 15) is 14.4 Å². The molecule has 2 aromatic rings. The number of nitrogens with one attached hydrogen (secondary N) is 3. The lowest BCUT2D eigenvalue weighted by atomic mass is 9.89. The molecule has 0 aliphatic heterocycles. The highest BCUT2D eigenvalue weighted by molar-refractivity contribution is 7.99. The molecule has 3 N–H and O–H groups in total. The summed E-state index contributed by atoms with van der Waals surface area (Å²) in [7, 11) is 0. The smallest absolute Gasteiger partial charge is 0.321 e. The number of carbonyl (C=O) groups is 2. The van der Waals surface area contributed by atoms with Crippen LogP contribution in [0, 0.1) is 5.92 Å². The first-order chi connectivity index (χ1) is 12.9. The van der Waals surface area contributed by atoms with Crippen LogP contribution in [0.4, 0.5) is 4.79 Å². The van der Waals surface area contributed by atoms with Crippen LogP contribution < -0.4 is 16.2 Å². The SMILES string of the molecule is CC[C@@H](C)NC(=O)NC(=O)CSc1nc2sc3c(c2c(=O)[nH]1)CC[C@H](C)C3. The van der Waals surface area contributed by atoms with Crippen molar-refractivity contribution in [1.29, 1.82) is 0 Å². The topological polar surface area (TPSA) is 104 Å². The van der Waals surface area contributed by atoms with Gasteiger partial charge in [-0.15, -0.1) is 11.3 Å². The summed E-state index contributed by atoms with van der Waals surface area (Å²) in [5.74, 6) is 0.205. The van der Waals surface area contributed by atoms with E-state index in [1.54, 1.807) is 11.3 Å². The highest BCUT2D eigenvalue weighted by atomic mass is 32.2. The number of nitrogens with zero attached hydrogens (tertiary/aromatic N) is 1. The molecule has 27 heavy (non-hydrogen) atoms. The Morgan fingerprint density at radius 1 is 1.44 bits per heavy atom. The van der Waals surface area contributed by atoms with Crippen LogP contribution in [-0.4, -0.2) is 33.7 Å². The molecule has 1 aliphatic carbocycles. The third kappa shape index (κ3) is 4.70. The fraction of sp³-hybridized carbons (Fsp3) is 0.556. The second-order valence-electron chi connectivity index (χ2n) is 7.02. The van der Waals surface area contributed by atoms with Gasteiger partial charge in [0, 0.05) is 10.9 Å². The summed E-state index contributed by atoms with van der Waals surface area (Å²) in [5.41, 5.74) is 0.988. The predicted molar refractivity (Wildman–Crippen MR) is 109 cm³/mol. The van der Waals surface area contributed by atoms with Gasteiger partial charge in [-0.2, -0.15) is 0 Å². The van der Waals surface area contributed by atoms with Gasteiger partial charge >= 0.3 is 6.03 Å². The molecule has 146 valence electrons. The molecule has 2 heterocycles. The number of thiophene rings is 1. The Morgan fingerprint density at radius 2 is 2.22 bits per heavy atom. The van der Waals surface area contributed by atoms with Crippen molar-refractivity contribution in [2.24, 2.45) is 5.92 Å². The first kappa shape index (κ1) is 19.9. The van der Waals surface area contributed by atoms with E-state index in [1.807, 2.05) is 13.8 Å². The molecule has 0 saturated carbocycles. The Balaban J connectivity index is 1.67. The summed E-state index contributed by atoms with van der Waals surface area (Å²) in [4.78, 5) is 45.4. The largest absolute Gasteiger partial charge is 0.335 e. The molecule has 9 heteroatoms. The van der Waals surface area contributed by atoms with Crippen molar-refractivity contribution in [3.63, 3.8) is 0 Å². The first-order valence-electron chi connectivity index (χ1n) is 9.15. The fourth-order valence-electron chi connectivity index (χ4n) is 3.06. The maximum absolute atomic E-state index is 12.5. The van der Waals surface area contributed by atoms with Crippen LogP contribution >= 0.6 is 23.1 Å². The molecular formula is C18H24N4O3S2. The van der Waals surface area contributed by atoms with Crippen LogP contribution in [0.2, 0.25) is 0 Å². The Bertz CT molecular complexity index is 921. The van der Waals surface area contributed by atoms with Gasteiger partial charge in [-0.1, -0.05) is 25.6 Å². The highest BCUT2D eigenvalue weighted by Crippen LogP contribution is 2.36. The highest BCUT2D eigenvalue weighted by Gasteiger charge is 2.23. The van der Waals surface area contributed by atoms with Gasteiger partial charge in [0.1, 0.15) is 4.83 Å². The van der Waals surface area contributed by atoms with Gasteiger partial charge in [-0.3, -0.25) is 14.9 Å². The Labute approximate surface area is 165 Å². The fourth-order valence-corrected chi connectivity index (χ4v) is 5.16. The number of imide groups is 1. The Morgan fingerprint density at radius 3 is 2.96 bits per heavy atom. The lowest BCUT2D eigenvalue weighted by Crippen LogP contribution is -2.43. The van der Waals surface area contributed by atoms with Crippen LogP contribution in [0.3, 0.4) is 0 Å². The number of hydrogen-bond donors (Lipinski definition) is 3. The van der Waals surface area contributed by atoms with Crippen LogP contribution in [0.15, 0.2) is 9.95 Å². The summed E-state index contributed by atoms with van der Waals surface area (Å²) in [5, 5.41) is 6.05. The van der Waals surface area contributed by atoms with Gasteiger partial charge in [0.25, 0.3) is 5.56 Å². The number of rotatable bonds is 5. The van der Waals surface area contributed by atoms with Crippen LogP contribution in [0.25, 0.3) is 10.2 Å². The maximum Gasteiger partial charge on any atom is 0.321 e. The molecule has 0 unspecified atom stereocenters. The lowest BCUT2D eigenvalue weighted by Gasteiger charge is -2.17. The van der Waals surface area contributed by atoms with E-state index in [2.05, 4.69) is 27.5 Å². The number of amides is 3. The Kier molecular flexibility index (Phi) is 6.21. The van der Waals surface area contributed by atoms with E-state index in [-0.39, 0.29) is 17.4 Å². The number of aromatic nitrogens is 2. The Hall–Kier alpha value is -1.87. The quantitative estimate of drug-likeness (QED) is 0.521. The van der Waals surface area contributed by atoms with Gasteiger partial charge in [-0.05, 0) is 44.1 Å².